The lowest BCUT2D eigenvalue weighted by atomic mass is 9.95. The number of methoxy groups -OCH3 is 1. The maximum absolute atomic E-state index is 12.7. The van der Waals surface area contributed by atoms with Gasteiger partial charge in [0.05, 0.1) is 30.5 Å². The molecule has 0 bridgehead atoms. The maximum Gasteiger partial charge on any atom is 0.261 e. The van der Waals surface area contributed by atoms with Crippen molar-refractivity contribution < 1.29 is 23.9 Å². The minimum Gasteiger partial charge on any atom is -0.495 e. The molecule has 9 heteroatoms. The van der Waals surface area contributed by atoms with Crippen molar-refractivity contribution in [2.75, 3.05) is 44.4 Å². The summed E-state index contributed by atoms with van der Waals surface area (Å²) >= 11 is 0. The summed E-state index contributed by atoms with van der Waals surface area (Å²) in [5, 5.41) is 5.73. The van der Waals surface area contributed by atoms with Crippen LogP contribution in [0, 0.1) is 5.92 Å². The highest BCUT2D eigenvalue weighted by Gasteiger charge is 2.33. The van der Waals surface area contributed by atoms with Gasteiger partial charge in [0.1, 0.15) is 5.75 Å². The molecular formula is C24H26N4O5. The summed E-state index contributed by atoms with van der Waals surface area (Å²) in [5.41, 5.74) is 1.75. The highest BCUT2D eigenvalue weighted by atomic mass is 16.5. The van der Waals surface area contributed by atoms with Crippen LogP contribution in [0.1, 0.15) is 33.6 Å². The molecule has 1 fully saturated rings. The van der Waals surface area contributed by atoms with Gasteiger partial charge in [0.25, 0.3) is 11.8 Å². The molecule has 0 aliphatic carbocycles. The lowest BCUT2D eigenvalue weighted by Gasteiger charge is -2.30. The molecule has 172 valence electrons. The first-order valence-electron chi connectivity index (χ1n) is 10.8. The van der Waals surface area contributed by atoms with E-state index in [-0.39, 0.29) is 36.1 Å². The molecule has 2 heterocycles. The zero-order valence-corrected chi connectivity index (χ0v) is 18.6. The van der Waals surface area contributed by atoms with E-state index in [0.717, 1.165) is 4.90 Å². The number of imide groups is 1. The number of piperidine rings is 1. The van der Waals surface area contributed by atoms with Crippen molar-refractivity contribution in [2.24, 2.45) is 5.92 Å². The summed E-state index contributed by atoms with van der Waals surface area (Å²) in [6.45, 7) is 1.43. The monoisotopic (exact) mass is 450 g/mol. The van der Waals surface area contributed by atoms with Crippen LogP contribution in [0.3, 0.4) is 0 Å². The smallest absolute Gasteiger partial charge is 0.261 e. The van der Waals surface area contributed by atoms with Crippen molar-refractivity contribution in [3.8, 4) is 5.75 Å². The topological polar surface area (TPSA) is 108 Å². The fourth-order valence-electron chi connectivity index (χ4n) is 4.18. The molecule has 4 rings (SSSR count). The Balaban J connectivity index is 1.27. The summed E-state index contributed by atoms with van der Waals surface area (Å²) in [6.07, 6.45) is 1.30. The Morgan fingerprint density at radius 3 is 2.42 bits per heavy atom. The van der Waals surface area contributed by atoms with Crippen LogP contribution in [-0.2, 0) is 9.59 Å². The number of nitrogens with zero attached hydrogens (tertiary/aromatic N) is 2. The number of likely N-dealkylation sites (tertiary alicyclic amines) is 1. The number of rotatable bonds is 6. The molecule has 0 spiro atoms. The molecular weight excluding hydrogens is 424 g/mol. The van der Waals surface area contributed by atoms with Crippen molar-refractivity contribution in [2.45, 2.75) is 12.8 Å². The third-order valence-corrected chi connectivity index (χ3v) is 6.06. The van der Waals surface area contributed by atoms with Crippen LogP contribution in [-0.4, -0.2) is 67.2 Å². The predicted molar refractivity (Wildman–Crippen MR) is 122 cm³/mol. The van der Waals surface area contributed by atoms with Gasteiger partial charge in [-0.05, 0) is 56.3 Å². The molecule has 0 unspecified atom stereocenters. The van der Waals surface area contributed by atoms with Gasteiger partial charge < -0.3 is 15.4 Å². The van der Waals surface area contributed by atoms with Gasteiger partial charge in [0.15, 0.2) is 0 Å². The first-order valence-corrected chi connectivity index (χ1v) is 10.8. The Morgan fingerprint density at radius 1 is 1.00 bits per heavy atom. The van der Waals surface area contributed by atoms with Crippen molar-refractivity contribution in [3.63, 3.8) is 0 Å². The first-order chi connectivity index (χ1) is 15.9. The fraction of sp³-hybridized carbons (Fsp3) is 0.333. The van der Waals surface area contributed by atoms with Crippen molar-refractivity contribution in [3.05, 3.63) is 53.6 Å². The maximum atomic E-state index is 12.7. The van der Waals surface area contributed by atoms with E-state index in [0.29, 0.717) is 54.2 Å². The molecule has 33 heavy (non-hydrogen) atoms. The molecule has 0 atom stereocenters. The summed E-state index contributed by atoms with van der Waals surface area (Å²) in [7, 11) is 3.00. The molecule has 9 nitrogen and oxygen atoms in total. The molecule has 0 saturated carbocycles. The van der Waals surface area contributed by atoms with E-state index in [2.05, 4.69) is 10.6 Å². The lowest BCUT2D eigenvalue weighted by molar-refractivity contribution is -0.121. The number of benzene rings is 2. The lowest BCUT2D eigenvalue weighted by Crippen LogP contribution is -2.41. The number of fused-ring (bicyclic) bond motifs is 1. The standard InChI is InChI=1S/C24H26N4O5/c1-27-23(31)17-8-7-16(13-18(17)24(27)32)25-21(29)14-28-11-9-15(10-12-28)22(30)26-19-5-3-4-6-20(19)33-2/h3-8,13,15H,9-12,14H2,1-2H3,(H,25,29)(H,26,30). The molecule has 1 saturated heterocycles. The van der Waals surface area contributed by atoms with E-state index in [1.807, 2.05) is 17.0 Å². The Morgan fingerprint density at radius 2 is 1.70 bits per heavy atom. The number of anilines is 2. The van der Waals surface area contributed by atoms with Crippen LogP contribution >= 0.6 is 0 Å². The van der Waals surface area contributed by atoms with Crippen LogP contribution in [0.25, 0.3) is 0 Å². The van der Waals surface area contributed by atoms with Gasteiger partial charge in [-0.1, -0.05) is 12.1 Å². The number of carbonyl (C=O) groups excluding carboxylic acids is 4. The zero-order valence-electron chi connectivity index (χ0n) is 18.6. The molecule has 2 aliphatic heterocycles. The second-order valence-electron chi connectivity index (χ2n) is 8.22. The van der Waals surface area contributed by atoms with E-state index < -0.39 is 0 Å². The van der Waals surface area contributed by atoms with Crippen molar-refractivity contribution in [1.29, 1.82) is 0 Å². The summed E-state index contributed by atoms with van der Waals surface area (Å²) in [4.78, 5) is 52.4. The minimum atomic E-state index is -0.375. The Kier molecular flexibility index (Phi) is 6.41. The van der Waals surface area contributed by atoms with Crippen LogP contribution in [0.15, 0.2) is 42.5 Å². The normalized spacial score (nSPS) is 16.5. The molecule has 0 aromatic heterocycles. The number of ether oxygens (including phenoxy) is 1. The van der Waals surface area contributed by atoms with Gasteiger partial charge in [-0.15, -0.1) is 0 Å². The van der Waals surface area contributed by atoms with E-state index in [9.17, 15) is 19.2 Å². The van der Waals surface area contributed by atoms with Crippen LogP contribution < -0.4 is 15.4 Å². The van der Waals surface area contributed by atoms with E-state index in [1.165, 1.54) is 13.1 Å². The second kappa shape index (κ2) is 9.41. The van der Waals surface area contributed by atoms with Gasteiger partial charge in [0.2, 0.25) is 11.8 Å². The molecule has 2 N–H and O–H groups in total. The Labute approximate surface area is 191 Å². The third-order valence-electron chi connectivity index (χ3n) is 6.06. The van der Waals surface area contributed by atoms with Gasteiger partial charge in [0, 0.05) is 18.7 Å². The van der Waals surface area contributed by atoms with E-state index >= 15 is 0 Å². The Hall–Kier alpha value is -3.72. The van der Waals surface area contributed by atoms with Gasteiger partial charge in [-0.3, -0.25) is 29.0 Å². The summed E-state index contributed by atoms with van der Waals surface area (Å²) in [5.74, 6) is -0.497. The number of carbonyl (C=O) groups is 4. The Bertz CT molecular complexity index is 1110. The molecule has 0 radical (unpaired) electrons. The third kappa shape index (κ3) is 4.73. The highest BCUT2D eigenvalue weighted by molar-refractivity contribution is 6.21. The number of para-hydroxylation sites is 2. The van der Waals surface area contributed by atoms with Crippen LogP contribution in [0.2, 0.25) is 0 Å². The highest BCUT2D eigenvalue weighted by Crippen LogP contribution is 2.27. The minimum absolute atomic E-state index is 0.0501. The summed E-state index contributed by atoms with van der Waals surface area (Å²) < 4.78 is 5.28. The van der Waals surface area contributed by atoms with Gasteiger partial charge in [-0.2, -0.15) is 0 Å². The first kappa shape index (κ1) is 22.5. The van der Waals surface area contributed by atoms with Gasteiger partial charge in [-0.25, -0.2) is 0 Å². The van der Waals surface area contributed by atoms with E-state index in [4.69, 9.17) is 4.74 Å². The van der Waals surface area contributed by atoms with Crippen molar-refractivity contribution >= 4 is 35.0 Å². The van der Waals surface area contributed by atoms with Crippen LogP contribution in [0.5, 0.6) is 5.75 Å². The average molecular weight is 450 g/mol. The number of amides is 4. The molecule has 2 aromatic carbocycles. The molecule has 2 aliphatic rings. The van der Waals surface area contributed by atoms with E-state index in [1.54, 1.807) is 31.4 Å². The average Bonchev–Trinajstić information content (AvgIpc) is 3.03. The fourth-order valence-corrected chi connectivity index (χ4v) is 4.18. The zero-order chi connectivity index (χ0) is 23.5. The predicted octanol–water partition coefficient (Wildman–Crippen LogP) is 2.21. The number of hydrogen-bond acceptors (Lipinski definition) is 6. The van der Waals surface area contributed by atoms with Gasteiger partial charge >= 0.3 is 0 Å². The number of hydrogen-bond donors (Lipinski definition) is 2. The number of nitrogens with one attached hydrogen (secondary N) is 2. The molecule has 2 aromatic rings. The summed E-state index contributed by atoms with van der Waals surface area (Å²) in [6, 6.07) is 12.0. The SMILES string of the molecule is COc1ccccc1NC(=O)C1CCN(CC(=O)Nc2ccc3c(c2)C(=O)N(C)C3=O)CC1. The van der Waals surface area contributed by atoms with Crippen LogP contribution in [0.4, 0.5) is 11.4 Å². The van der Waals surface area contributed by atoms with Crippen molar-refractivity contribution in [1.82, 2.24) is 9.80 Å². The second-order valence-corrected chi connectivity index (χ2v) is 8.22. The quantitative estimate of drug-likeness (QED) is 0.654. The largest absolute Gasteiger partial charge is 0.495 e. The molecule has 4 amide bonds.